The minimum Gasteiger partial charge on any atom is -0.0990 e. The Labute approximate surface area is 119 Å². The van der Waals surface area contributed by atoms with Gasteiger partial charge in [0.2, 0.25) is 0 Å². The maximum absolute atomic E-state index is 3.78. The summed E-state index contributed by atoms with van der Waals surface area (Å²) in [4.78, 5) is 0. The second kappa shape index (κ2) is 5.58. The van der Waals surface area contributed by atoms with Gasteiger partial charge in [0.1, 0.15) is 0 Å². The maximum atomic E-state index is 3.78. The number of benzene rings is 3. The third kappa shape index (κ3) is 2.55. The van der Waals surface area contributed by atoms with Gasteiger partial charge in [-0.25, -0.2) is 0 Å². The first-order chi connectivity index (χ1) is 9.86. The standard InChI is InChI=1S/C20H16/c1-2-7-17-8-3-5-10-19(17)14-16-12-13-18-9-4-6-11-20(18)15-16/h2-15H,1H2/b17-7-,19-14-. The van der Waals surface area contributed by atoms with Crippen LogP contribution >= 0.6 is 0 Å². The normalized spacial score (nSPS) is 12.8. The van der Waals surface area contributed by atoms with Gasteiger partial charge in [0.05, 0.1) is 0 Å². The van der Waals surface area contributed by atoms with Gasteiger partial charge < -0.3 is 0 Å². The van der Waals surface area contributed by atoms with Crippen molar-refractivity contribution in [2.75, 3.05) is 0 Å². The van der Waals surface area contributed by atoms with Gasteiger partial charge >= 0.3 is 0 Å². The van der Waals surface area contributed by atoms with Crippen LogP contribution in [0.25, 0.3) is 22.9 Å². The van der Waals surface area contributed by atoms with Crippen LogP contribution in [0.2, 0.25) is 0 Å². The largest absolute Gasteiger partial charge is 0.0990 e. The monoisotopic (exact) mass is 256 g/mol. The van der Waals surface area contributed by atoms with Gasteiger partial charge in [0.15, 0.2) is 0 Å². The molecular weight excluding hydrogens is 240 g/mol. The molecule has 0 atom stereocenters. The van der Waals surface area contributed by atoms with Crippen LogP contribution in [0.1, 0.15) is 5.56 Å². The summed E-state index contributed by atoms with van der Waals surface area (Å²) in [6.45, 7) is 3.78. The van der Waals surface area contributed by atoms with Crippen LogP contribution in [-0.4, -0.2) is 0 Å². The van der Waals surface area contributed by atoms with Crippen molar-refractivity contribution in [3.05, 3.63) is 95.4 Å². The predicted molar refractivity (Wildman–Crippen MR) is 87.9 cm³/mol. The molecular formula is C20H16. The molecule has 0 heteroatoms. The molecule has 96 valence electrons. The lowest BCUT2D eigenvalue weighted by molar-refractivity contribution is 1.51. The molecule has 0 spiro atoms. The van der Waals surface area contributed by atoms with Gasteiger partial charge in [0, 0.05) is 0 Å². The van der Waals surface area contributed by atoms with Crippen molar-refractivity contribution in [3.8, 4) is 0 Å². The second-order valence-corrected chi connectivity index (χ2v) is 4.78. The van der Waals surface area contributed by atoms with Crippen molar-refractivity contribution in [2.45, 2.75) is 0 Å². The summed E-state index contributed by atoms with van der Waals surface area (Å²) in [5.41, 5.74) is 1.22. The van der Waals surface area contributed by atoms with E-state index in [1.54, 1.807) is 0 Å². The third-order valence-corrected chi connectivity index (χ3v) is 3.39. The molecule has 0 unspecified atom stereocenters. The molecule has 3 rings (SSSR count). The van der Waals surface area contributed by atoms with Crippen LogP contribution in [0, 0.1) is 0 Å². The Kier molecular flexibility index (Phi) is 3.47. The van der Waals surface area contributed by atoms with Gasteiger partial charge in [-0.15, -0.1) is 0 Å². The van der Waals surface area contributed by atoms with Crippen molar-refractivity contribution >= 4 is 22.9 Å². The van der Waals surface area contributed by atoms with E-state index in [0.717, 1.165) is 0 Å². The van der Waals surface area contributed by atoms with E-state index in [1.165, 1.54) is 26.8 Å². The summed E-state index contributed by atoms with van der Waals surface area (Å²) in [6.07, 6.45) is 6.07. The van der Waals surface area contributed by atoms with E-state index in [1.807, 2.05) is 18.2 Å². The Balaban J connectivity index is 2.20. The molecule has 0 N–H and O–H groups in total. The molecule has 20 heavy (non-hydrogen) atoms. The fraction of sp³-hybridized carbons (Fsp3) is 0. The summed E-state index contributed by atoms with van der Waals surface area (Å²) in [6, 6.07) is 23.3. The van der Waals surface area contributed by atoms with E-state index in [9.17, 15) is 0 Å². The topological polar surface area (TPSA) is 0 Å². The van der Waals surface area contributed by atoms with E-state index in [2.05, 4.69) is 73.3 Å². The highest BCUT2D eigenvalue weighted by Crippen LogP contribution is 2.15. The molecule has 0 aromatic heterocycles. The Morgan fingerprint density at radius 2 is 1.40 bits per heavy atom. The summed E-state index contributed by atoms with van der Waals surface area (Å²) >= 11 is 0. The molecule has 0 aliphatic heterocycles. The Bertz CT molecular complexity index is 870. The quantitative estimate of drug-likeness (QED) is 0.657. The van der Waals surface area contributed by atoms with Crippen LogP contribution in [0.4, 0.5) is 0 Å². The van der Waals surface area contributed by atoms with Crippen molar-refractivity contribution in [1.29, 1.82) is 0 Å². The smallest absolute Gasteiger partial charge is 0.0178 e. The van der Waals surface area contributed by atoms with E-state index >= 15 is 0 Å². The average Bonchev–Trinajstić information content (AvgIpc) is 2.49. The molecule has 0 saturated heterocycles. The van der Waals surface area contributed by atoms with Crippen LogP contribution < -0.4 is 10.4 Å². The first-order valence-corrected chi connectivity index (χ1v) is 6.75. The summed E-state index contributed by atoms with van der Waals surface area (Å²) < 4.78 is 0. The summed E-state index contributed by atoms with van der Waals surface area (Å²) in [5, 5.41) is 4.94. The lowest BCUT2D eigenvalue weighted by atomic mass is 10.1. The predicted octanol–water partition coefficient (Wildman–Crippen LogP) is 3.64. The lowest BCUT2D eigenvalue weighted by Crippen LogP contribution is -2.23. The Morgan fingerprint density at radius 1 is 0.700 bits per heavy atom. The number of rotatable bonds is 2. The van der Waals surface area contributed by atoms with E-state index in [4.69, 9.17) is 0 Å². The van der Waals surface area contributed by atoms with Crippen LogP contribution in [0.15, 0.2) is 79.4 Å². The van der Waals surface area contributed by atoms with Crippen molar-refractivity contribution in [2.24, 2.45) is 0 Å². The van der Waals surface area contributed by atoms with E-state index in [-0.39, 0.29) is 0 Å². The van der Waals surface area contributed by atoms with Crippen LogP contribution in [-0.2, 0) is 0 Å². The average molecular weight is 256 g/mol. The fourth-order valence-corrected chi connectivity index (χ4v) is 2.40. The number of allylic oxidation sites excluding steroid dienone is 1. The third-order valence-electron chi connectivity index (χ3n) is 3.39. The zero-order valence-electron chi connectivity index (χ0n) is 11.3. The molecule has 0 fully saturated rings. The minimum absolute atomic E-state index is 1.19. The molecule has 0 aliphatic rings. The Morgan fingerprint density at radius 3 is 2.20 bits per heavy atom. The number of fused-ring (bicyclic) bond motifs is 1. The summed E-state index contributed by atoms with van der Waals surface area (Å²) in [7, 11) is 0. The van der Waals surface area contributed by atoms with Crippen molar-refractivity contribution < 1.29 is 0 Å². The van der Waals surface area contributed by atoms with Gasteiger partial charge in [-0.1, -0.05) is 79.4 Å². The number of hydrogen-bond donors (Lipinski definition) is 0. The molecule has 0 aliphatic carbocycles. The van der Waals surface area contributed by atoms with Crippen molar-refractivity contribution in [3.63, 3.8) is 0 Å². The maximum Gasteiger partial charge on any atom is -0.0178 e. The van der Waals surface area contributed by atoms with E-state index in [0.29, 0.717) is 0 Å². The highest BCUT2D eigenvalue weighted by atomic mass is 14.0. The highest BCUT2D eigenvalue weighted by Gasteiger charge is 1.93. The molecule has 0 amide bonds. The minimum atomic E-state index is 1.19. The molecule has 3 aromatic carbocycles. The van der Waals surface area contributed by atoms with Gasteiger partial charge in [-0.05, 0) is 38.9 Å². The van der Waals surface area contributed by atoms with Gasteiger partial charge in [-0.2, -0.15) is 0 Å². The summed E-state index contributed by atoms with van der Waals surface area (Å²) in [5.74, 6) is 0. The van der Waals surface area contributed by atoms with Gasteiger partial charge in [0.25, 0.3) is 0 Å². The molecule has 0 heterocycles. The zero-order valence-corrected chi connectivity index (χ0v) is 11.3. The first kappa shape index (κ1) is 12.4. The number of hydrogen-bond acceptors (Lipinski definition) is 0. The lowest BCUT2D eigenvalue weighted by Gasteiger charge is -1.99. The molecule has 3 aromatic rings. The molecule has 0 nitrogen and oxygen atoms in total. The van der Waals surface area contributed by atoms with E-state index < -0.39 is 0 Å². The second-order valence-electron chi connectivity index (χ2n) is 4.78. The SMILES string of the molecule is C=C/C=c1/cccc/c1=C/c1ccc2ccccc2c1. The first-order valence-electron chi connectivity index (χ1n) is 6.75. The zero-order chi connectivity index (χ0) is 13.8. The highest BCUT2D eigenvalue weighted by molar-refractivity contribution is 5.84. The van der Waals surface area contributed by atoms with Crippen LogP contribution in [0.3, 0.4) is 0 Å². The fourth-order valence-electron chi connectivity index (χ4n) is 2.40. The van der Waals surface area contributed by atoms with Gasteiger partial charge in [-0.3, -0.25) is 0 Å². The molecule has 0 radical (unpaired) electrons. The molecule has 0 saturated carbocycles. The van der Waals surface area contributed by atoms with Crippen LogP contribution in [0.5, 0.6) is 0 Å². The van der Waals surface area contributed by atoms with Crippen molar-refractivity contribution in [1.82, 2.24) is 0 Å². The Hall–Kier alpha value is -2.60. The molecule has 0 bridgehead atoms.